The van der Waals surface area contributed by atoms with Crippen molar-refractivity contribution < 1.29 is 18.0 Å². The molecule has 2 aromatic heterocycles. The molecule has 1 aromatic carbocycles. The van der Waals surface area contributed by atoms with E-state index in [1.807, 2.05) is 39.6 Å². The van der Waals surface area contributed by atoms with Crippen molar-refractivity contribution in [3.8, 4) is 5.82 Å². The van der Waals surface area contributed by atoms with E-state index in [0.29, 0.717) is 56.4 Å². The first-order chi connectivity index (χ1) is 18.5. The van der Waals surface area contributed by atoms with Crippen molar-refractivity contribution in [2.24, 2.45) is 5.73 Å². The number of rotatable bonds is 6. The molecule has 39 heavy (non-hydrogen) atoms. The Labute approximate surface area is 228 Å². The van der Waals surface area contributed by atoms with Gasteiger partial charge in [-0.15, -0.1) is 0 Å². The monoisotopic (exact) mass is 553 g/mol. The topological polar surface area (TPSA) is 135 Å². The Morgan fingerprint density at radius 3 is 2.36 bits per heavy atom. The zero-order valence-electron chi connectivity index (χ0n) is 22.6. The van der Waals surface area contributed by atoms with Gasteiger partial charge in [-0.25, -0.2) is 13.4 Å². The number of carbonyl (C=O) groups excluding carboxylic acids is 2. The van der Waals surface area contributed by atoms with Crippen molar-refractivity contribution in [3.05, 3.63) is 42.2 Å². The molecule has 0 atom stereocenters. The molecule has 12 heteroatoms. The van der Waals surface area contributed by atoms with E-state index >= 15 is 0 Å². The first-order valence-electron chi connectivity index (χ1n) is 13.2. The number of benzene rings is 1. The highest BCUT2D eigenvalue weighted by atomic mass is 32.2. The lowest BCUT2D eigenvalue weighted by Crippen LogP contribution is -2.48. The van der Waals surface area contributed by atoms with Gasteiger partial charge in [0.15, 0.2) is 0 Å². The number of fused-ring (bicyclic) bond motifs is 1. The Morgan fingerprint density at radius 2 is 1.74 bits per heavy atom. The van der Waals surface area contributed by atoms with Crippen LogP contribution in [0.5, 0.6) is 0 Å². The number of aromatic nitrogens is 3. The molecule has 0 bridgehead atoms. The third-order valence-electron chi connectivity index (χ3n) is 8.13. The molecule has 0 radical (unpaired) electrons. The number of anilines is 2. The van der Waals surface area contributed by atoms with E-state index in [0.717, 1.165) is 29.4 Å². The zero-order chi connectivity index (χ0) is 27.9. The van der Waals surface area contributed by atoms with Gasteiger partial charge >= 0.3 is 0 Å². The van der Waals surface area contributed by atoms with Crippen LogP contribution >= 0.6 is 0 Å². The first kappa shape index (κ1) is 26.9. The van der Waals surface area contributed by atoms with Crippen LogP contribution in [-0.4, -0.2) is 90.4 Å². The summed E-state index contributed by atoms with van der Waals surface area (Å²) in [6.07, 6.45) is 7.49. The SMILES string of the molecule is CC(=O)N1CCN(c2cccc3c2c(C(N)=O)cn3-c2ccnc(N(C)C3CCC(S(C)(=O)=O)CC3)n2)CC1. The van der Waals surface area contributed by atoms with Gasteiger partial charge in [0.05, 0.1) is 16.3 Å². The maximum atomic E-state index is 12.6. The Bertz CT molecular complexity index is 1500. The second kappa shape index (κ2) is 10.5. The van der Waals surface area contributed by atoms with Crippen LogP contribution in [0.25, 0.3) is 16.7 Å². The number of hydrogen-bond acceptors (Lipinski definition) is 8. The minimum atomic E-state index is -3.04. The van der Waals surface area contributed by atoms with E-state index in [1.54, 1.807) is 25.4 Å². The van der Waals surface area contributed by atoms with Crippen LogP contribution in [0.2, 0.25) is 0 Å². The van der Waals surface area contributed by atoms with Crippen molar-refractivity contribution in [2.75, 3.05) is 49.3 Å². The molecule has 5 rings (SSSR count). The Balaban J connectivity index is 1.46. The van der Waals surface area contributed by atoms with E-state index in [-0.39, 0.29) is 17.2 Å². The van der Waals surface area contributed by atoms with Crippen molar-refractivity contribution in [1.29, 1.82) is 0 Å². The van der Waals surface area contributed by atoms with Crippen LogP contribution in [0.4, 0.5) is 11.6 Å². The average molecular weight is 554 g/mol. The molecule has 1 saturated carbocycles. The first-order valence-corrected chi connectivity index (χ1v) is 15.2. The highest BCUT2D eigenvalue weighted by molar-refractivity contribution is 7.91. The summed E-state index contributed by atoms with van der Waals surface area (Å²) in [5.74, 6) is 0.675. The molecule has 1 saturated heterocycles. The van der Waals surface area contributed by atoms with E-state index in [1.165, 1.54) is 6.26 Å². The molecule has 0 unspecified atom stereocenters. The van der Waals surface area contributed by atoms with Gasteiger partial charge in [-0.1, -0.05) is 6.07 Å². The van der Waals surface area contributed by atoms with Crippen LogP contribution in [-0.2, 0) is 14.6 Å². The van der Waals surface area contributed by atoms with Crippen LogP contribution in [0.15, 0.2) is 36.7 Å². The molecule has 2 aliphatic rings. The van der Waals surface area contributed by atoms with Gasteiger partial charge in [-0.05, 0) is 43.9 Å². The third kappa shape index (κ3) is 5.29. The predicted octanol–water partition coefficient (Wildman–Crippen LogP) is 1.98. The van der Waals surface area contributed by atoms with Crippen molar-refractivity contribution >= 4 is 44.2 Å². The zero-order valence-corrected chi connectivity index (χ0v) is 23.4. The highest BCUT2D eigenvalue weighted by Crippen LogP contribution is 2.34. The van der Waals surface area contributed by atoms with Crippen LogP contribution in [0.3, 0.4) is 0 Å². The molecule has 2 amide bonds. The lowest BCUT2D eigenvalue weighted by Gasteiger charge is -2.36. The predicted molar refractivity (Wildman–Crippen MR) is 151 cm³/mol. The minimum absolute atomic E-state index is 0.0600. The molecule has 208 valence electrons. The normalized spacial score (nSPS) is 20.3. The summed E-state index contributed by atoms with van der Waals surface area (Å²) in [6.45, 7) is 4.13. The summed E-state index contributed by atoms with van der Waals surface area (Å²) >= 11 is 0. The molecule has 2 fully saturated rings. The second-order valence-corrected chi connectivity index (χ2v) is 12.9. The van der Waals surface area contributed by atoms with Gasteiger partial charge in [0, 0.05) is 75.9 Å². The Kier molecular flexibility index (Phi) is 7.23. The Hall–Kier alpha value is -3.67. The van der Waals surface area contributed by atoms with Crippen molar-refractivity contribution in [2.45, 2.75) is 43.9 Å². The number of primary amides is 1. The van der Waals surface area contributed by atoms with Gasteiger partial charge in [0.1, 0.15) is 15.7 Å². The highest BCUT2D eigenvalue weighted by Gasteiger charge is 2.31. The number of nitrogens with two attached hydrogens (primary N) is 1. The molecule has 11 nitrogen and oxygen atoms in total. The van der Waals surface area contributed by atoms with Crippen molar-refractivity contribution in [3.63, 3.8) is 0 Å². The van der Waals surface area contributed by atoms with Gasteiger partial charge in [0.2, 0.25) is 11.9 Å². The molecule has 3 aromatic rings. The maximum Gasteiger partial charge on any atom is 0.250 e. The van der Waals surface area contributed by atoms with Crippen LogP contribution in [0, 0.1) is 0 Å². The van der Waals surface area contributed by atoms with E-state index in [2.05, 4.69) is 9.88 Å². The van der Waals surface area contributed by atoms with E-state index < -0.39 is 15.7 Å². The Morgan fingerprint density at radius 1 is 1.05 bits per heavy atom. The fraction of sp³-hybridized carbons (Fsp3) is 0.481. The molecule has 3 heterocycles. The summed E-state index contributed by atoms with van der Waals surface area (Å²) in [6, 6.07) is 7.80. The number of nitrogens with zero attached hydrogens (tertiary/aromatic N) is 6. The molecular weight excluding hydrogens is 518 g/mol. The summed E-state index contributed by atoms with van der Waals surface area (Å²) in [7, 11) is -1.10. The standard InChI is InChI=1S/C27H35N7O4S/c1-18(35)32-13-15-33(16-14-32)22-5-4-6-23-25(22)21(26(28)36)17-34(23)24-11-12-29-27(30-24)31(2)19-7-9-20(10-8-19)39(3,37)38/h4-6,11-12,17,19-20H,7-10,13-16H2,1-3H3,(H2,28,36). The molecule has 1 aliphatic carbocycles. The van der Waals surface area contributed by atoms with Crippen LogP contribution < -0.4 is 15.5 Å². The van der Waals surface area contributed by atoms with Crippen molar-refractivity contribution in [1.82, 2.24) is 19.4 Å². The molecule has 1 aliphatic heterocycles. The fourth-order valence-electron chi connectivity index (χ4n) is 5.84. The van der Waals surface area contributed by atoms with E-state index in [9.17, 15) is 18.0 Å². The van der Waals surface area contributed by atoms with Crippen LogP contribution in [0.1, 0.15) is 43.0 Å². The number of sulfone groups is 1. The average Bonchev–Trinajstić information content (AvgIpc) is 3.33. The fourth-order valence-corrected chi connectivity index (χ4v) is 6.97. The second-order valence-electron chi connectivity index (χ2n) is 10.5. The lowest BCUT2D eigenvalue weighted by molar-refractivity contribution is -0.129. The van der Waals surface area contributed by atoms with Gasteiger partial charge in [0.25, 0.3) is 5.91 Å². The smallest absolute Gasteiger partial charge is 0.250 e. The third-order valence-corrected chi connectivity index (χ3v) is 9.81. The lowest BCUT2D eigenvalue weighted by atomic mass is 9.94. The summed E-state index contributed by atoms with van der Waals surface area (Å²) in [5, 5.41) is 0.474. The van der Waals surface area contributed by atoms with Gasteiger partial charge in [-0.2, -0.15) is 4.98 Å². The number of amides is 2. The summed E-state index contributed by atoms with van der Waals surface area (Å²) in [5.41, 5.74) is 7.95. The summed E-state index contributed by atoms with van der Waals surface area (Å²) < 4.78 is 25.8. The van der Waals surface area contributed by atoms with E-state index in [4.69, 9.17) is 10.7 Å². The van der Waals surface area contributed by atoms with Gasteiger partial charge in [-0.3, -0.25) is 9.59 Å². The number of piperazine rings is 1. The summed E-state index contributed by atoms with van der Waals surface area (Å²) in [4.78, 5) is 39.7. The largest absolute Gasteiger partial charge is 0.367 e. The minimum Gasteiger partial charge on any atom is -0.367 e. The quantitative estimate of drug-likeness (QED) is 0.490. The molecular formula is C27H35N7O4S. The molecule has 0 spiro atoms. The van der Waals surface area contributed by atoms with Gasteiger partial charge < -0.3 is 25.0 Å². The number of hydrogen-bond donors (Lipinski definition) is 1. The molecule has 2 N–H and O–H groups in total. The number of carbonyl (C=O) groups is 2. The maximum absolute atomic E-state index is 12.6.